The van der Waals surface area contributed by atoms with Crippen molar-refractivity contribution in [2.24, 2.45) is 0 Å². The zero-order chi connectivity index (χ0) is 30.5. The van der Waals surface area contributed by atoms with E-state index in [2.05, 4.69) is 10.6 Å². The summed E-state index contributed by atoms with van der Waals surface area (Å²) in [6.07, 6.45) is 0.754. The van der Waals surface area contributed by atoms with Crippen LogP contribution in [0.3, 0.4) is 0 Å². The van der Waals surface area contributed by atoms with Crippen LogP contribution in [0.15, 0.2) is 42.5 Å². The lowest BCUT2D eigenvalue weighted by Crippen LogP contribution is -2.60. The summed E-state index contributed by atoms with van der Waals surface area (Å²) < 4.78 is 18.8. The van der Waals surface area contributed by atoms with Crippen molar-refractivity contribution in [1.29, 1.82) is 0 Å². The Morgan fingerprint density at radius 2 is 1.71 bits per heavy atom. The molecule has 2 aromatic carbocycles. The quantitative estimate of drug-likeness (QED) is 0.279. The molecule has 41 heavy (non-hydrogen) atoms. The molecule has 3 N–H and O–H groups in total. The lowest BCUT2D eigenvalue weighted by molar-refractivity contribution is -0.144. The van der Waals surface area contributed by atoms with Crippen molar-refractivity contribution >= 4 is 23.8 Å². The van der Waals surface area contributed by atoms with Crippen LogP contribution in [0.1, 0.15) is 36.5 Å². The van der Waals surface area contributed by atoms with E-state index in [1.807, 2.05) is 25.1 Å². The highest BCUT2D eigenvalue weighted by molar-refractivity contribution is 5.87. The van der Waals surface area contributed by atoms with Gasteiger partial charge in [0.25, 0.3) is 0 Å². The first-order chi connectivity index (χ1) is 19.5. The molecule has 0 aliphatic heterocycles. The van der Waals surface area contributed by atoms with Gasteiger partial charge < -0.3 is 25.4 Å². The second-order valence-electron chi connectivity index (χ2n) is 9.58. The number of amides is 4. The van der Waals surface area contributed by atoms with Gasteiger partial charge in [0, 0.05) is 40.7 Å². The number of carboxylic acid groups (broad SMARTS) is 1. The fraction of sp³-hybridized carbons (Fsp3) is 0.448. The van der Waals surface area contributed by atoms with Gasteiger partial charge in [0.1, 0.15) is 17.6 Å². The summed E-state index contributed by atoms with van der Waals surface area (Å²) in [6, 6.07) is 9.49. The topological polar surface area (TPSA) is 132 Å². The summed E-state index contributed by atoms with van der Waals surface area (Å²) in [5.74, 6) is -1.68. The summed E-state index contributed by atoms with van der Waals surface area (Å²) in [7, 11) is 6.10. The third-order valence-corrected chi connectivity index (χ3v) is 6.64. The summed E-state index contributed by atoms with van der Waals surface area (Å²) in [4.78, 5) is 52.3. The predicted molar refractivity (Wildman–Crippen MR) is 152 cm³/mol. The highest BCUT2D eigenvalue weighted by Gasteiger charge is 2.35. The van der Waals surface area contributed by atoms with E-state index in [1.54, 1.807) is 14.2 Å². The van der Waals surface area contributed by atoms with Crippen molar-refractivity contribution in [3.63, 3.8) is 0 Å². The van der Waals surface area contributed by atoms with Crippen LogP contribution >= 0.6 is 0 Å². The maximum absolute atomic E-state index is 13.7. The zero-order valence-electron chi connectivity index (χ0n) is 24.3. The molecule has 0 fully saturated rings. The number of carbonyl (C=O) groups is 4. The smallest absolute Gasteiger partial charge is 0.332 e. The molecular weight excluding hydrogens is 533 g/mol. The van der Waals surface area contributed by atoms with Crippen molar-refractivity contribution in [2.45, 2.75) is 45.2 Å². The fourth-order valence-electron chi connectivity index (χ4n) is 4.27. The van der Waals surface area contributed by atoms with Gasteiger partial charge in [-0.3, -0.25) is 14.4 Å². The highest BCUT2D eigenvalue weighted by Crippen LogP contribution is 2.21. The van der Waals surface area contributed by atoms with Crippen molar-refractivity contribution in [2.75, 3.05) is 41.3 Å². The minimum absolute atomic E-state index is 0.0225. The van der Waals surface area contributed by atoms with E-state index in [9.17, 15) is 28.7 Å². The van der Waals surface area contributed by atoms with Crippen molar-refractivity contribution in [3.05, 3.63) is 65.0 Å². The monoisotopic (exact) mass is 573 g/mol. The Labute approximate surface area is 240 Å². The first-order valence-electron chi connectivity index (χ1n) is 13.4. The molecule has 0 aliphatic rings. The average Bonchev–Trinajstić information content (AvgIpc) is 2.96. The lowest BCUT2D eigenvalue weighted by atomic mass is 10.1. The molecule has 0 bridgehead atoms. The van der Waals surface area contributed by atoms with Crippen LogP contribution in [0.25, 0.3) is 0 Å². The van der Waals surface area contributed by atoms with Crippen LogP contribution in [0.5, 0.6) is 5.75 Å². The molecule has 0 spiro atoms. The Balaban J connectivity index is 2.29. The first-order valence-corrected chi connectivity index (χ1v) is 13.4. The van der Waals surface area contributed by atoms with Gasteiger partial charge in [-0.15, -0.1) is 0 Å². The number of halogens is 1. The molecule has 11 nitrogen and oxygen atoms in total. The third-order valence-electron chi connectivity index (χ3n) is 6.64. The number of nitrogens with zero attached hydrogens (tertiary/aromatic N) is 3. The van der Waals surface area contributed by atoms with Gasteiger partial charge in [-0.05, 0) is 54.2 Å². The van der Waals surface area contributed by atoms with E-state index < -0.39 is 35.7 Å². The Kier molecular flexibility index (Phi) is 13.0. The molecule has 12 heteroatoms. The van der Waals surface area contributed by atoms with Gasteiger partial charge in [-0.2, -0.15) is 0 Å². The number of rotatable bonds is 15. The number of hydrogen-bond donors (Lipinski definition) is 3. The molecule has 1 atom stereocenters. The number of likely N-dealkylation sites (N-methyl/N-ethyl adjacent to an activating group) is 3. The van der Waals surface area contributed by atoms with E-state index in [1.165, 1.54) is 48.3 Å². The predicted octanol–water partition coefficient (Wildman–Crippen LogP) is 2.44. The zero-order valence-corrected chi connectivity index (χ0v) is 24.3. The minimum atomic E-state index is -1.21. The van der Waals surface area contributed by atoms with Crippen molar-refractivity contribution in [3.8, 4) is 5.75 Å². The van der Waals surface area contributed by atoms with Gasteiger partial charge in [0.15, 0.2) is 0 Å². The molecule has 224 valence electrons. The molecule has 4 amide bonds. The van der Waals surface area contributed by atoms with Gasteiger partial charge in [-0.1, -0.05) is 31.2 Å². The highest BCUT2D eigenvalue weighted by atomic mass is 19.1. The molecule has 1 unspecified atom stereocenters. The number of benzene rings is 2. The minimum Gasteiger partial charge on any atom is -0.496 e. The van der Waals surface area contributed by atoms with Gasteiger partial charge in [0.05, 0.1) is 13.7 Å². The number of carboxylic acids is 1. The van der Waals surface area contributed by atoms with Crippen LogP contribution in [-0.4, -0.2) is 91.2 Å². The van der Waals surface area contributed by atoms with E-state index in [0.29, 0.717) is 18.5 Å². The van der Waals surface area contributed by atoms with Gasteiger partial charge in [0.2, 0.25) is 11.8 Å². The average molecular weight is 574 g/mol. The Morgan fingerprint density at radius 1 is 1.05 bits per heavy atom. The van der Waals surface area contributed by atoms with Gasteiger partial charge >= 0.3 is 12.0 Å². The second-order valence-corrected chi connectivity index (χ2v) is 9.58. The number of aliphatic carboxylic acids is 1. The third kappa shape index (κ3) is 10.1. The number of hydrogen-bond acceptors (Lipinski definition) is 6. The van der Waals surface area contributed by atoms with Crippen LogP contribution in [-0.2, 0) is 33.8 Å². The number of urea groups is 1. The standard InChI is InChI=1S/C29H40FN5O6/c1-6-22-10-7-20(17-25(22)41-5)15-16-33(3)28(39)24(13-14-27(37)38)35(34(4)19-26(36)31-2)29(40)32-18-21-8-11-23(30)12-9-21/h7-12,17,24H,6,13-16,18-19H2,1-5H3,(H,31,36)(H,32,40)(H,37,38). The van der Waals surface area contributed by atoms with E-state index in [-0.39, 0.29) is 25.9 Å². The van der Waals surface area contributed by atoms with E-state index in [0.717, 1.165) is 28.3 Å². The SMILES string of the molecule is CCc1ccc(CCN(C)C(=O)C(CCC(=O)O)N(C(=O)NCc2ccc(F)cc2)N(C)CC(=O)NC)cc1OC. The van der Waals surface area contributed by atoms with E-state index in [4.69, 9.17) is 4.74 Å². The Morgan fingerprint density at radius 3 is 2.29 bits per heavy atom. The van der Waals surface area contributed by atoms with E-state index >= 15 is 0 Å². The molecule has 0 aromatic heterocycles. The second kappa shape index (κ2) is 16.2. The fourth-order valence-corrected chi connectivity index (χ4v) is 4.27. The van der Waals surface area contributed by atoms with Gasteiger partial charge in [-0.25, -0.2) is 19.2 Å². The van der Waals surface area contributed by atoms with Crippen molar-refractivity contribution in [1.82, 2.24) is 25.6 Å². The van der Waals surface area contributed by atoms with Crippen LogP contribution in [0.4, 0.5) is 9.18 Å². The largest absolute Gasteiger partial charge is 0.496 e. The van der Waals surface area contributed by atoms with Crippen LogP contribution in [0.2, 0.25) is 0 Å². The summed E-state index contributed by atoms with van der Waals surface area (Å²) in [5.41, 5.74) is 2.63. The van der Waals surface area contributed by atoms with Crippen molar-refractivity contribution < 1.29 is 33.4 Å². The molecule has 0 aliphatic carbocycles. The Bertz CT molecular complexity index is 1190. The summed E-state index contributed by atoms with van der Waals surface area (Å²) in [5, 5.41) is 16.9. The maximum atomic E-state index is 13.7. The Hall–Kier alpha value is -4.19. The van der Waals surface area contributed by atoms with Crippen LogP contribution in [0, 0.1) is 5.82 Å². The number of aryl methyl sites for hydroxylation is 1. The molecular formula is C29H40FN5O6. The number of carbonyl (C=O) groups excluding carboxylic acids is 3. The number of hydrazine groups is 1. The maximum Gasteiger partial charge on any atom is 0.332 e. The molecule has 0 saturated carbocycles. The first kappa shape index (κ1) is 33.0. The summed E-state index contributed by atoms with van der Waals surface area (Å²) >= 11 is 0. The normalized spacial score (nSPS) is 11.5. The molecule has 0 saturated heterocycles. The lowest BCUT2D eigenvalue weighted by Gasteiger charge is -2.38. The molecule has 0 heterocycles. The molecule has 2 rings (SSSR count). The summed E-state index contributed by atoms with van der Waals surface area (Å²) in [6.45, 7) is 2.09. The molecule has 0 radical (unpaired) electrons. The number of nitrogens with one attached hydrogen (secondary N) is 2. The molecule has 2 aromatic rings. The van der Waals surface area contributed by atoms with Crippen LogP contribution < -0.4 is 15.4 Å². The number of methoxy groups -OCH3 is 1. The number of ether oxygens (including phenoxy) is 1.